The van der Waals surface area contributed by atoms with E-state index in [1.54, 1.807) is 0 Å². The maximum atomic E-state index is 4.91. The first-order chi connectivity index (χ1) is 16.0. The first-order valence-electron chi connectivity index (χ1n) is 11.7. The number of aryl methyl sites for hydroxylation is 3. The van der Waals surface area contributed by atoms with Gasteiger partial charge >= 0.3 is 0 Å². The predicted molar refractivity (Wildman–Crippen MR) is 138 cm³/mol. The van der Waals surface area contributed by atoms with E-state index in [2.05, 4.69) is 74.4 Å². The van der Waals surface area contributed by atoms with Gasteiger partial charge < -0.3 is 4.57 Å². The van der Waals surface area contributed by atoms with Gasteiger partial charge in [0.1, 0.15) is 0 Å². The van der Waals surface area contributed by atoms with Crippen LogP contribution in [0.4, 0.5) is 0 Å². The Kier molecular flexibility index (Phi) is 4.48. The van der Waals surface area contributed by atoms with Gasteiger partial charge in [-0.25, -0.2) is 0 Å². The van der Waals surface area contributed by atoms with Crippen LogP contribution in [0.1, 0.15) is 40.7 Å². The van der Waals surface area contributed by atoms with E-state index in [1.165, 1.54) is 49.8 Å². The van der Waals surface area contributed by atoms with Crippen molar-refractivity contribution in [1.82, 2.24) is 14.5 Å². The zero-order valence-corrected chi connectivity index (χ0v) is 19.4. The van der Waals surface area contributed by atoms with Crippen LogP contribution >= 0.6 is 0 Å². The number of aromatic nitrogens is 3. The minimum Gasteiger partial charge on any atom is -0.336 e. The molecule has 0 bridgehead atoms. The number of para-hydroxylation sites is 1. The number of hydrogen-bond donors (Lipinski definition) is 0. The smallest absolute Gasteiger partial charge is 0.0705 e. The molecule has 3 heteroatoms. The summed E-state index contributed by atoms with van der Waals surface area (Å²) in [6.07, 6.45) is 3.70. The Morgan fingerprint density at radius 3 is 2.70 bits per heavy atom. The molecule has 1 aliphatic rings. The molecule has 162 valence electrons. The largest absolute Gasteiger partial charge is 0.336 e. The van der Waals surface area contributed by atoms with Crippen LogP contribution < -0.4 is 0 Å². The molecule has 0 aliphatic heterocycles. The fourth-order valence-electron chi connectivity index (χ4n) is 5.41. The number of allylic oxidation sites excluding steroid dienone is 1. The highest BCUT2D eigenvalue weighted by atomic mass is 15.0. The van der Waals surface area contributed by atoms with E-state index >= 15 is 0 Å². The molecule has 0 unspecified atom stereocenters. The second kappa shape index (κ2) is 7.41. The van der Waals surface area contributed by atoms with E-state index in [1.807, 2.05) is 18.3 Å². The molecule has 3 aromatic heterocycles. The zero-order chi connectivity index (χ0) is 22.7. The van der Waals surface area contributed by atoms with Gasteiger partial charge in [0.15, 0.2) is 0 Å². The minimum absolute atomic E-state index is 0.774. The van der Waals surface area contributed by atoms with Crippen LogP contribution in [0, 0.1) is 13.8 Å². The molecule has 0 spiro atoms. The standard InChI is InChI=1S/C30H27N3/c1-5-21-16-28-25(13-18(21)2)29-24-10-8-12-31-27(24)14-19(3)30(29)33(28)17-23-15-22-9-6-7-11-26(22)32-20(23)4/h6-13,15-16H,3,5,14,17H2,1-2,4H3. The van der Waals surface area contributed by atoms with Crippen LogP contribution in [0.5, 0.6) is 0 Å². The molecule has 33 heavy (non-hydrogen) atoms. The summed E-state index contributed by atoms with van der Waals surface area (Å²) in [7, 11) is 0. The number of pyridine rings is 2. The summed E-state index contributed by atoms with van der Waals surface area (Å²) in [4.78, 5) is 9.60. The molecular weight excluding hydrogens is 402 g/mol. The highest BCUT2D eigenvalue weighted by Crippen LogP contribution is 2.45. The fraction of sp³-hybridized carbons (Fsp3) is 0.200. The van der Waals surface area contributed by atoms with Gasteiger partial charge in [-0.3, -0.25) is 9.97 Å². The molecule has 0 amide bonds. The lowest BCUT2D eigenvalue weighted by Crippen LogP contribution is -2.11. The molecule has 0 radical (unpaired) electrons. The Balaban J connectivity index is 1.65. The number of rotatable bonds is 3. The van der Waals surface area contributed by atoms with Crippen molar-refractivity contribution in [2.24, 2.45) is 0 Å². The molecule has 0 N–H and O–H groups in total. The first kappa shape index (κ1) is 19.9. The van der Waals surface area contributed by atoms with Crippen molar-refractivity contribution in [2.75, 3.05) is 0 Å². The van der Waals surface area contributed by atoms with Crippen LogP contribution in [0.3, 0.4) is 0 Å². The Labute approximate surface area is 194 Å². The van der Waals surface area contributed by atoms with Crippen LogP contribution in [0.15, 0.2) is 67.4 Å². The average Bonchev–Trinajstić information content (AvgIpc) is 3.13. The van der Waals surface area contributed by atoms with Crippen molar-refractivity contribution in [3.63, 3.8) is 0 Å². The minimum atomic E-state index is 0.774. The van der Waals surface area contributed by atoms with Gasteiger partial charge in [0.2, 0.25) is 0 Å². The van der Waals surface area contributed by atoms with Crippen molar-refractivity contribution in [3.05, 3.63) is 101 Å². The van der Waals surface area contributed by atoms with E-state index in [-0.39, 0.29) is 0 Å². The SMILES string of the molecule is C=C1Cc2ncccc2-c2c1n(Cc1cc3ccccc3nc1C)c1cc(CC)c(C)cc21. The number of nitrogens with zero attached hydrogens (tertiary/aromatic N) is 3. The van der Waals surface area contributed by atoms with Crippen molar-refractivity contribution in [2.45, 2.75) is 40.2 Å². The summed E-state index contributed by atoms with van der Waals surface area (Å²) in [5.41, 5.74) is 13.4. The normalized spacial score (nSPS) is 12.9. The van der Waals surface area contributed by atoms with Gasteiger partial charge in [-0.05, 0) is 72.9 Å². The maximum Gasteiger partial charge on any atom is 0.0705 e. The van der Waals surface area contributed by atoms with Crippen molar-refractivity contribution in [3.8, 4) is 11.1 Å². The first-order valence-corrected chi connectivity index (χ1v) is 11.7. The predicted octanol–water partition coefficient (Wildman–Crippen LogP) is 7.05. The maximum absolute atomic E-state index is 4.91. The van der Waals surface area contributed by atoms with E-state index in [0.717, 1.165) is 41.9 Å². The molecule has 0 saturated carbocycles. The van der Waals surface area contributed by atoms with Gasteiger partial charge in [-0.2, -0.15) is 0 Å². The molecular formula is C30H27N3. The summed E-state index contributed by atoms with van der Waals surface area (Å²) in [5.74, 6) is 0. The summed E-state index contributed by atoms with van der Waals surface area (Å²) in [5, 5.41) is 2.48. The van der Waals surface area contributed by atoms with Crippen molar-refractivity contribution >= 4 is 27.4 Å². The van der Waals surface area contributed by atoms with Gasteiger partial charge in [0.25, 0.3) is 0 Å². The lowest BCUT2D eigenvalue weighted by molar-refractivity contribution is 0.807. The molecule has 0 fully saturated rings. The quantitative estimate of drug-likeness (QED) is 0.308. The van der Waals surface area contributed by atoms with Crippen molar-refractivity contribution < 1.29 is 0 Å². The molecule has 0 atom stereocenters. The van der Waals surface area contributed by atoms with Crippen LogP contribution in [0.25, 0.3) is 38.5 Å². The van der Waals surface area contributed by atoms with E-state index in [0.29, 0.717) is 0 Å². The average molecular weight is 430 g/mol. The zero-order valence-electron chi connectivity index (χ0n) is 19.4. The van der Waals surface area contributed by atoms with Crippen LogP contribution in [-0.2, 0) is 19.4 Å². The molecule has 3 heterocycles. The van der Waals surface area contributed by atoms with E-state index in [4.69, 9.17) is 9.97 Å². The summed E-state index contributed by atoms with van der Waals surface area (Å²) >= 11 is 0. The van der Waals surface area contributed by atoms with Crippen molar-refractivity contribution in [1.29, 1.82) is 0 Å². The van der Waals surface area contributed by atoms with Crippen LogP contribution in [0.2, 0.25) is 0 Å². The van der Waals surface area contributed by atoms with E-state index in [9.17, 15) is 0 Å². The van der Waals surface area contributed by atoms with Crippen LogP contribution in [-0.4, -0.2) is 14.5 Å². The third-order valence-electron chi connectivity index (χ3n) is 7.13. The topological polar surface area (TPSA) is 30.7 Å². The summed E-state index contributed by atoms with van der Waals surface area (Å²) in [6.45, 7) is 11.9. The second-order valence-corrected chi connectivity index (χ2v) is 9.16. The monoisotopic (exact) mass is 429 g/mol. The fourth-order valence-corrected chi connectivity index (χ4v) is 5.41. The Morgan fingerprint density at radius 1 is 1.00 bits per heavy atom. The Hall–Kier alpha value is -3.72. The molecule has 5 aromatic rings. The Bertz CT molecular complexity index is 1590. The van der Waals surface area contributed by atoms with Gasteiger partial charge in [-0.1, -0.05) is 37.8 Å². The Morgan fingerprint density at radius 2 is 1.85 bits per heavy atom. The highest BCUT2D eigenvalue weighted by molar-refractivity contribution is 6.05. The van der Waals surface area contributed by atoms with E-state index < -0.39 is 0 Å². The highest BCUT2D eigenvalue weighted by Gasteiger charge is 2.28. The molecule has 6 rings (SSSR count). The number of benzene rings is 2. The summed E-state index contributed by atoms with van der Waals surface area (Å²) in [6, 6.07) is 19.7. The molecule has 2 aromatic carbocycles. The molecule has 3 nitrogen and oxygen atoms in total. The third-order valence-corrected chi connectivity index (χ3v) is 7.13. The molecule has 0 saturated heterocycles. The lowest BCUT2D eigenvalue weighted by atomic mass is 9.88. The van der Waals surface area contributed by atoms with Gasteiger partial charge in [0, 0.05) is 52.3 Å². The van der Waals surface area contributed by atoms with Gasteiger partial charge in [0.05, 0.1) is 16.9 Å². The number of fused-ring (bicyclic) bond motifs is 6. The van der Waals surface area contributed by atoms with Gasteiger partial charge in [-0.15, -0.1) is 0 Å². The third kappa shape index (κ3) is 3.03. The molecule has 1 aliphatic carbocycles. The summed E-state index contributed by atoms with van der Waals surface area (Å²) < 4.78 is 2.47. The second-order valence-electron chi connectivity index (χ2n) is 9.16. The lowest BCUT2D eigenvalue weighted by Gasteiger charge is -2.21. The number of hydrogen-bond acceptors (Lipinski definition) is 2.